The summed E-state index contributed by atoms with van der Waals surface area (Å²) in [6.45, 7) is 3.40. The van der Waals surface area contributed by atoms with Crippen LogP contribution in [0.1, 0.15) is 38.2 Å². The van der Waals surface area contributed by atoms with E-state index in [9.17, 15) is 9.50 Å². The number of hydrogen-bond acceptors (Lipinski definition) is 2. The zero-order valence-corrected chi connectivity index (χ0v) is 12.0. The summed E-state index contributed by atoms with van der Waals surface area (Å²) in [7, 11) is 0. The Balaban J connectivity index is 1.81. The Hall–Kier alpha value is -0.640. The first-order valence-electron chi connectivity index (χ1n) is 6.85. The second kappa shape index (κ2) is 6.21. The average molecular weight is 286 g/mol. The van der Waals surface area contributed by atoms with Crippen LogP contribution in [0.4, 0.5) is 4.39 Å². The van der Waals surface area contributed by atoms with E-state index in [1.54, 1.807) is 12.1 Å². The zero-order valence-electron chi connectivity index (χ0n) is 11.3. The Morgan fingerprint density at radius 1 is 1.42 bits per heavy atom. The predicted molar refractivity (Wildman–Crippen MR) is 75.7 cm³/mol. The predicted octanol–water partition coefficient (Wildman–Crippen LogP) is 3.51. The number of halogens is 2. The summed E-state index contributed by atoms with van der Waals surface area (Å²) >= 11 is 5.73. The number of benzene rings is 1. The minimum absolute atomic E-state index is 0.143. The van der Waals surface area contributed by atoms with Gasteiger partial charge in [0.05, 0.1) is 10.6 Å². The van der Waals surface area contributed by atoms with Crippen LogP contribution in [0.3, 0.4) is 0 Å². The Morgan fingerprint density at radius 2 is 2.11 bits per heavy atom. The first-order chi connectivity index (χ1) is 8.98. The molecule has 0 bridgehead atoms. The molecule has 1 aromatic carbocycles. The van der Waals surface area contributed by atoms with Crippen LogP contribution in [0.2, 0.25) is 5.02 Å². The van der Waals surface area contributed by atoms with Crippen molar-refractivity contribution in [1.29, 1.82) is 0 Å². The molecule has 2 rings (SSSR count). The van der Waals surface area contributed by atoms with Crippen molar-refractivity contribution in [2.75, 3.05) is 6.54 Å². The lowest BCUT2D eigenvalue weighted by Crippen LogP contribution is -2.43. The summed E-state index contributed by atoms with van der Waals surface area (Å²) in [6.07, 6.45) is 3.87. The van der Waals surface area contributed by atoms with Gasteiger partial charge in [0.15, 0.2) is 0 Å². The lowest BCUT2D eigenvalue weighted by Gasteiger charge is -2.35. The molecule has 1 aromatic rings. The largest absolute Gasteiger partial charge is 0.389 e. The van der Waals surface area contributed by atoms with Gasteiger partial charge in [-0.2, -0.15) is 0 Å². The molecule has 2 N–H and O–H groups in total. The van der Waals surface area contributed by atoms with Crippen LogP contribution >= 0.6 is 11.6 Å². The molecule has 0 aromatic heterocycles. The minimum Gasteiger partial charge on any atom is -0.389 e. The van der Waals surface area contributed by atoms with Crippen molar-refractivity contribution in [2.45, 2.75) is 44.8 Å². The maximum Gasteiger partial charge on any atom is 0.141 e. The highest BCUT2D eigenvalue weighted by molar-refractivity contribution is 6.30. The molecule has 0 spiro atoms. The van der Waals surface area contributed by atoms with Crippen molar-refractivity contribution in [1.82, 2.24) is 5.32 Å². The lowest BCUT2D eigenvalue weighted by molar-refractivity contribution is -0.00630. The van der Waals surface area contributed by atoms with Crippen molar-refractivity contribution in [2.24, 2.45) is 5.92 Å². The zero-order chi connectivity index (χ0) is 13.9. The van der Waals surface area contributed by atoms with E-state index in [1.165, 1.54) is 6.07 Å². The van der Waals surface area contributed by atoms with E-state index in [0.29, 0.717) is 13.1 Å². The van der Waals surface area contributed by atoms with Crippen molar-refractivity contribution in [3.8, 4) is 0 Å². The summed E-state index contributed by atoms with van der Waals surface area (Å²) in [5.41, 5.74) is 0.343. The van der Waals surface area contributed by atoms with Gasteiger partial charge in [0, 0.05) is 13.1 Å². The quantitative estimate of drug-likeness (QED) is 0.887. The molecule has 4 heteroatoms. The van der Waals surface area contributed by atoms with E-state index in [-0.39, 0.29) is 5.02 Å². The molecular weight excluding hydrogens is 265 g/mol. The van der Waals surface area contributed by atoms with Crippen LogP contribution < -0.4 is 5.32 Å². The molecule has 0 unspecified atom stereocenters. The number of hydrogen-bond donors (Lipinski definition) is 2. The second-order valence-corrected chi connectivity index (χ2v) is 6.17. The Labute approximate surface area is 119 Å². The van der Waals surface area contributed by atoms with E-state index < -0.39 is 11.4 Å². The van der Waals surface area contributed by atoms with Crippen LogP contribution in [0.5, 0.6) is 0 Å². The summed E-state index contributed by atoms with van der Waals surface area (Å²) in [4.78, 5) is 0. The highest BCUT2D eigenvalue weighted by atomic mass is 35.5. The third kappa shape index (κ3) is 4.16. The molecule has 19 heavy (non-hydrogen) atoms. The summed E-state index contributed by atoms with van der Waals surface area (Å²) in [5.74, 6) is 0.321. The van der Waals surface area contributed by atoms with Gasteiger partial charge in [-0.25, -0.2) is 4.39 Å². The third-order valence-corrected chi connectivity index (χ3v) is 4.26. The van der Waals surface area contributed by atoms with Gasteiger partial charge >= 0.3 is 0 Å². The standard InChI is InChI=1S/C15H21ClFNO/c1-11-4-6-15(19,7-5-11)10-18-9-12-2-3-14(17)13(16)8-12/h2-3,8,11,18-19H,4-7,9-10H2,1H3. The molecule has 0 saturated heterocycles. The van der Waals surface area contributed by atoms with E-state index in [2.05, 4.69) is 12.2 Å². The molecule has 0 amide bonds. The topological polar surface area (TPSA) is 32.3 Å². The molecule has 0 heterocycles. The molecule has 1 fully saturated rings. The van der Waals surface area contributed by atoms with Gasteiger partial charge in [-0.15, -0.1) is 0 Å². The first kappa shape index (κ1) is 14.8. The summed E-state index contributed by atoms with van der Waals surface area (Å²) in [5, 5.41) is 13.8. The number of nitrogens with one attached hydrogen (secondary N) is 1. The van der Waals surface area contributed by atoms with Gasteiger partial charge in [0.2, 0.25) is 0 Å². The van der Waals surface area contributed by atoms with E-state index in [0.717, 1.165) is 37.2 Å². The molecule has 1 aliphatic carbocycles. The van der Waals surface area contributed by atoms with Crippen molar-refractivity contribution in [3.63, 3.8) is 0 Å². The second-order valence-electron chi connectivity index (χ2n) is 5.76. The van der Waals surface area contributed by atoms with E-state index >= 15 is 0 Å². The first-order valence-corrected chi connectivity index (χ1v) is 7.23. The van der Waals surface area contributed by atoms with Crippen molar-refractivity contribution >= 4 is 11.6 Å². The molecule has 1 aliphatic rings. The van der Waals surface area contributed by atoms with Gasteiger partial charge in [-0.3, -0.25) is 0 Å². The Kier molecular flexibility index (Phi) is 4.82. The van der Waals surface area contributed by atoms with Gasteiger partial charge < -0.3 is 10.4 Å². The highest BCUT2D eigenvalue weighted by Crippen LogP contribution is 2.31. The van der Waals surface area contributed by atoms with Crippen molar-refractivity contribution < 1.29 is 9.50 Å². The molecule has 0 atom stereocenters. The average Bonchev–Trinajstić information content (AvgIpc) is 2.38. The van der Waals surface area contributed by atoms with E-state index in [1.807, 2.05) is 0 Å². The van der Waals surface area contributed by atoms with Crippen LogP contribution in [0, 0.1) is 11.7 Å². The fourth-order valence-corrected chi connectivity index (χ4v) is 2.77. The lowest BCUT2D eigenvalue weighted by atomic mass is 9.79. The SMILES string of the molecule is CC1CCC(O)(CNCc2ccc(F)c(Cl)c2)CC1. The molecular formula is C15H21ClFNO. The van der Waals surface area contributed by atoms with Crippen LogP contribution in [-0.2, 0) is 6.54 Å². The maximum absolute atomic E-state index is 13.0. The fraction of sp³-hybridized carbons (Fsp3) is 0.600. The molecule has 106 valence electrons. The number of aliphatic hydroxyl groups is 1. The van der Waals surface area contributed by atoms with Gasteiger partial charge in [-0.1, -0.05) is 24.6 Å². The molecule has 2 nitrogen and oxygen atoms in total. The molecule has 0 radical (unpaired) electrons. The normalized spacial score (nSPS) is 27.5. The third-order valence-electron chi connectivity index (χ3n) is 3.97. The molecule has 1 saturated carbocycles. The van der Waals surface area contributed by atoms with Crippen LogP contribution in [0.15, 0.2) is 18.2 Å². The molecule has 0 aliphatic heterocycles. The summed E-state index contributed by atoms with van der Waals surface area (Å²) in [6, 6.07) is 4.70. The van der Waals surface area contributed by atoms with Gasteiger partial charge in [0.25, 0.3) is 0 Å². The monoisotopic (exact) mass is 285 g/mol. The van der Waals surface area contributed by atoms with Crippen LogP contribution in [-0.4, -0.2) is 17.3 Å². The van der Waals surface area contributed by atoms with E-state index in [4.69, 9.17) is 11.6 Å². The summed E-state index contributed by atoms with van der Waals surface area (Å²) < 4.78 is 13.0. The van der Waals surface area contributed by atoms with Crippen LogP contribution in [0.25, 0.3) is 0 Å². The minimum atomic E-state index is -0.587. The maximum atomic E-state index is 13.0. The van der Waals surface area contributed by atoms with Crippen molar-refractivity contribution in [3.05, 3.63) is 34.6 Å². The smallest absolute Gasteiger partial charge is 0.141 e. The fourth-order valence-electron chi connectivity index (χ4n) is 2.57. The number of rotatable bonds is 4. The Bertz CT molecular complexity index is 430. The van der Waals surface area contributed by atoms with Gasteiger partial charge in [-0.05, 0) is 49.3 Å². The Morgan fingerprint density at radius 3 is 2.74 bits per heavy atom. The van der Waals surface area contributed by atoms with Gasteiger partial charge in [0.1, 0.15) is 5.82 Å². The highest BCUT2D eigenvalue weighted by Gasteiger charge is 2.31.